The molecule has 0 heterocycles. The molecule has 3 nitrogen and oxygen atoms in total. The second kappa shape index (κ2) is 5.63. The zero-order chi connectivity index (χ0) is 20.2. The van der Waals surface area contributed by atoms with E-state index in [4.69, 9.17) is 0 Å². The Hall–Kier alpha value is -0.410. The monoisotopic (exact) mass is 387 g/mol. The lowest BCUT2D eigenvalue weighted by Gasteiger charge is -2.65. The summed E-state index contributed by atoms with van der Waals surface area (Å²) in [4.78, 5) is 13.0. The fourth-order valence-corrected chi connectivity index (χ4v) is 9.98. The quantitative estimate of drug-likeness (QED) is 0.721. The van der Waals surface area contributed by atoms with Gasteiger partial charge in [0.1, 0.15) is 5.78 Å². The van der Waals surface area contributed by atoms with Crippen molar-refractivity contribution in [3.63, 3.8) is 0 Å². The van der Waals surface area contributed by atoms with E-state index in [9.17, 15) is 9.90 Å². The summed E-state index contributed by atoms with van der Waals surface area (Å²) >= 11 is 0. The van der Waals surface area contributed by atoms with Crippen molar-refractivity contribution in [1.82, 2.24) is 5.32 Å². The summed E-state index contributed by atoms with van der Waals surface area (Å²) in [6, 6.07) is 0.620. The van der Waals surface area contributed by atoms with Crippen LogP contribution in [0.1, 0.15) is 91.9 Å². The molecule has 5 rings (SSSR count). The predicted octanol–water partition coefficient (Wildman–Crippen LogP) is 4.72. The van der Waals surface area contributed by atoms with Crippen molar-refractivity contribution < 1.29 is 9.90 Å². The number of hydrogen-bond donors (Lipinski definition) is 2. The van der Waals surface area contributed by atoms with Crippen LogP contribution in [0, 0.1) is 39.4 Å². The summed E-state index contributed by atoms with van der Waals surface area (Å²) in [6.07, 6.45) is 10.9. The molecule has 5 aliphatic carbocycles. The fraction of sp³-hybridized carbons (Fsp3) is 0.960. The molecule has 2 N–H and O–H groups in total. The van der Waals surface area contributed by atoms with Gasteiger partial charge in [0.25, 0.3) is 0 Å². The molecular weight excluding hydrogens is 346 g/mol. The summed E-state index contributed by atoms with van der Waals surface area (Å²) in [5, 5.41) is 15.5. The summed E-state index contributed by atoms with van der Waals surface area (Å²) in [5.74, 6) is 1.85. The van der Waals surface area contributed by atoms with Crippen LogP contribution in [0.3, 0.4) is 0 Å². The molecule has 0 radical (unpaired) electrons. The second-order valence-corrected chi connectivity index (χ2v) is 12.3. The standard InChI is InChI=1S/C25H41NO2/c1-6-16-13-25(28)12-11-24-15-23(24)10-9-20(26-5)21(2,3)18(23)7-8-19(24)22(25,4)14-17(16)27/h16,18-20,26,28H,6-15H2,1-5H3/t16-,18-,19-,20-,22-,23+,24-,25-/m0/s1. The number of Topliss-reactive ketones (excluding diaryl/α,β-unsaturated/α-hetero) is 1. The highest BCUT2D eigenvalue weighted by Crippen LogP contribution is 2.87. The summed E-state index contributed by atoms with van der Waals surface area (Å²) in [7, 11) is 2.14. The van der Waals surface area contributed by atoms with Gasteiger partial charge in [-0.15, -0.1) is 0 Å². The zero-order valence-corrected chi connectivity index (χ0v) is 18.7. The van der Waals surface area contributed by atoms with Crippen LogP contribution in [0.2, 0.25) is 0 Å². The van der Waals surface area contributed by atoms with Crippen molar-refractivity contribution in [2.24, 2.45) is 39.4 Å². The smallest absolute Gasteiger partial charge is 0.136 e. The average Bonchev–Trinajstić information content (AvgIpc) is 3.30. The van der Waals surface area contributed by atoms with Crippen LogP contribution in [-0.2, 0) is 4.79 Å². The molecule has 0 bridgehead atoms. The molecule has 0 aliphatic heterocycles. The van der Waals surface area contributed by atoms with Crippen LogP contribution in [0.4, 0.5) is 0 Å². The number of fused-ring (bicyclic) bond motifs is 2. The van der Waals surface area contributed by atoms with Crippen LogP contribution in [0.5, 0.6) is 0 Å². The van der Waals surface area contributed by atoms with Gasteiger partial charge in [-0.3, -0.25) is 4.79 Å². The number of ketones is 1. The van der Waals surface area contributed by atoms with Crippen LogP contribution >= 0.6 is 0 Å². The number of carbonyl (C=O) groups excluding carboxylic acids is 1. The lowest BCUT2D eigenvalue weighted by atomic mass is 9.41. The van der Waals surface area contributed by atoms with Crippen molar-refractivity contribution in [3.8, 4) is 0 Å². The van der Waals surface area contributed by atoms with Crippen molar-refractivity contribution in [2.45, 2.75) is 104 Å². The first kappa shape index (κ1) is 19.5. The molecule has 0 aromatic heterocycles. The van der Waals surface area contributed by atoms with E-state index in [0.717, 1.165) is 25.2 Å². The highest BCUT2D eigenvalue weighted by Gasteiger charge is 2.82. The Morgan fingerprint density at radius 3 is 2.39 bits per heavy atom. The van der Waals surface area contributed by atoms with Crippen molar-refractivity contribution >= 4 is 5.78 Å². The molecule has 0 aromatic carbocycles. The minimum Gasteiger partial charge on any atom is -0.389 e. The fourth-order valence-electron chi connectivity index (χ4n) is 9.98. The molecule has 2 spiro atoms. The molecule has 5 saturated carbocycles. The minimum absolute atomic E-state index is 0.0848. The number of rotatable bonds is 2. The number of carbonyl (C=O) groups is 1. The molecule has 28 heavy (non-hydrogen) atoms. The van der Waals surface area contributed by atoms with Gasteiger partial charge in [-0.05, 0) is 92.9 Å². The van der Waals surface area contributed by atoms with E-state index in [1.165, 1.54) is 38.5 Å². The Morgan fingerprint density at radius 2 is 1.71 bits per heavy atom. The Morgan fingerprint density at radius 1 is 1.04 bits per heavy atom. The first-order chi connectivity index (χ1) is 13.1. The lowest BCUT2D eigenvalue weighted by Crippen LogP contribution is -2.65. The Bertz CT molecular complexity index is 703. The van der Waals surface area contributed by atoms with Gasteiger partial charge in [0.15, 0.2) is 0 Å². The molecular formula is C25H41NO2. The predicted molar refractivity (Wildman–Crippen MR) is 112 cm³/mol. The van der Waals surface area contributed by atoms with Crippen molar-refractivity contribution in [1.29, 1.82) is 0 Å². The van der Waals surface area contributed by atoms with E-state index in [0.29, 0.717) is 40.4 Å². The van der Waals surface area contributed by atoms with E-state index < -0.39 is 5.60 Å². The molecule has 0 aromatic rings. The number of nitrogens with one attached hydrogen (secondary N) is 1. The van der Waals surface area contributed by atoms with Gasteiger partial charge in [0, 0.05) is 23.8 Å². The van der Waals surface area contributed by atoms with Gasteiger partial charge in [-0.25, -0.2) is 0 Å². The van der Waals surface area contributed by atoms with Crippen molar-refractivity contribution in [3.05, 3.63) is 0 Å². The molecule has 5 fully saturated rings. The van der Waals surface area contributed by atoms with Crippen LogP contribution < -0.4 is 5.32 Å². The van der Waals surface area contributed by atoms with Gasteiger partial charge < -0.3 is 10.4 Å². The molecule has 0 saturated heterocycles. The SMILES string of the molecule is CC[C@H]1C[C@@]2(O)CC[C@@]34C[C@@]35CC[C@H](NC)C(C)(C)[C@@H]5CC[C@H]4[C@]2(C)CC1=O. The van der Waals surface area contributed by atoms with E-state index >= 15 is 0 Å². The first-order valence-electron chi connectivity index (χ1n) is 12.0. The summed E-state index contributed by atoms with van der Waals surface area (Å²) < 4.78 is 0. The summed E-state index contributed by atoms with van der Waals surface area (Å²) in [6.45, 7) is 9.42. The van der Waals surface area contributed by atoms with E-state index in [1.807, 2.05) is 0 Å². The molecule has 5 aliphatic rings. The normalized spacial score (nSPS) is 56.9. The third kappa shape index (κ3) is 2.02. The topological polar surface area (TPSA) is 49.3 Å². The van der Waals surface area contributed by atoms with E-state index in [-0.39, 0.29) is 11.3 Å². The minimum atomic E-state index is -0.619. The van der Waals surface area contributed by atoms with Crippen molar-refractivity contribution in [2.75, 3.05) is 7.05 Å². The summed E-state index contributed by atoms with van der Waals surface area (Å²) in [5.41, 5.74) is 0.415. The number of aliphatic hydroxyl groups is 1. The first-order valence-corrected chi connectivity index (χ1v) is 12.0. The third-order valence-electron chi connectivity index (χ3n) is 11.5. The van der Waals surface area contributed by atoms with E-state index in [1.54, 1.807) is 0 Å². The van der Waals surface area contributed by atoms with E-state index in [2.05, 4.69) is 40.1 Å². The maximum atomic E-state index is 13.0. The molecule has 8 atom stereocenters. The molecule has 158 valence electrons. The van der Waals surface area contributed by atoms with Gasteiger partial charge in [-0.2, -0.15) is 0 Å². The largest absolute Gasteiger partial charge is 0.389 e. The molecule has 0 unspecified atom stereocenters. The van der Waals surface area contributed by atoms with Gasteiger partial charge in [0.2, 0.25) is 0 Å². The van der Waals surface area contributed by atoms with Crippen LogP contribution in [0.25, 0.3) is 0 Å². The van der Waals surface area contributed by atoms with Gasteiger partial charge in [-0.1, -0.05) is 27.7 Å². The van der Waals surface area contributed by atoms with Crippen LogP contribution in [0.15, 0.2) is 0 Å². The Kier molecular flexibility index (Phi) is 3.93. The number of hydrogen-bond acceptors (Lipinski definition) is 3. The highest BCUT2D eigenvalue weighted by molar-refractivity contribution is 5.83. The second-order valence-electron chi connectivity index (χ2n) is 12.3. The maximum Gasteiger partial charge on any atom is 0.136 e. The van der Waals surface area contributed by atoms with Gasteiger partial charge in [0.05, 0.1) is 5.60 Å². The Balaban J connectivity index is 1.52. The maximum absolute atomic E-state index is 13.0. The zero-order valence-electron chi connectivity index (χ0n) is 18.7. The lowest BCUT2D eigenvalue weighted by molar-refractivity contribution is -0.215. The Labute approximate surface area is 171 Å². The van der Waals surface area contributed by atoms with Crippen LogP contribution in [-0.4, -0.2) is 29.6 Å². The third-order valence-corrected chi connectivity index (χ3v) is 11.5. The average molecular weight is 388 g/mol. The van der Waals surface area contributed by atoms with Gasteiger partial charge >= 0.3 is 0 Å². The highest BCUT2D eigenvalue weighted by atomic mass is 16.3. The molecule has 0 amide bonds. The molecule has 3 heteroatoms.